The smallest absolute Gasteiger partial charge is 0.325 e. The molecule has 1 fully saturated rings. The molecule has 1 unspecified atom stereocenters. The lowest BCUT2D eigenvalue weighted by atomic mass is 9.94. The van der Waals surface area contributed by atoms with Gasteiger partial charge in [-0.3, -0.25) is 10.1 Å². The van der Waals surface area contributed by atoms with E-state index in [1.165, 1.54) is 51.4 Å². The summed E-state index contributed by atoms with van der Waals surface area (Å²) in [5.74, 6) is -0.216. The van der Waals surface area contributed by atoms with Crippen LogP contribution in [-0.2, 0) is 19.0 Å². The molecule has 1 saturated heterocycles. The number of cyclic esters (lactones) is 1. The zero-order valence-corrected chi connectivity index (χ0v) is 16.8. The van der Waals surface area contributed by atoms with Crippen LogP contribution in [0.15, 0.2) is 0 Å². The van der Waals surface area contributed by atoms with Crippen molar-refractivity contribution in [2.75, 3.05) is 26.6 Å². The molecule has 1 rings (SSSR count). The molecule has 0 aromatic rings. The Morgan fingerprint density at radius 2 is 1.56 bits per heavy atom. The summed E-state index contributed by atoms with van der Waals surface area (Å²) >= 11 is 0. The molecule has 0 radical (unpaired) electrons. The van der Waals surface area contributed by atoms with Gasteiger partial charge in [0.25, 0.3) is 0 Å². The van der Waals surface area contributed by atoms with Gasteiger partial charge in [0.2, 0.25) is 0 Å². The maximum absolute atomic E-state index is 11.6. The molecule has 0 amide bonds. The van der Waals surface area contributed by atoms with E-state index in [1.807, 2.05) is 20.8 Å². The van der Waals surface area contributed by atoms with Crippen molar-refractivity contribution < 1.29 is 19.0 Å². The lowest BCUT2D eigenvalue weighted by Crippen LogP contribution is -2.66. The largest absolute Gasteiger partial charge is 0.462 e. The van der Waals surface area contributed by atoms with Crippen LogP contribution in [0.25, 0.3) is 0 Å². The van der Waals surface area contributed by atoms with E-state index >= 15 is 0 Å². The van der Waals surface area contributed by atoms with Crippen LogP contribution in [0.2, 0.25) is 0 Å². The minimum absolute atomic E-state index is 0.216. The molecule has 1 heterocycles. The number of nitrogens with one attached hydrogen (secondary N) is 1. The summed E-state index contributed by atoms with van der Waals surface area (Å²) < 4.78 is 16.4. The van der Waals surface area contributed by atoms with Gasteiger partial charge in [0.15, 0.2) is 0 Å². The second-order valence-electron chi connectivity index (χ2n) is 8.09. The number of unbranched alkanes of at least 4 members (excludes halogenated alkanes) is 8. The first kappa shape index (κ1) is 22.4. The topological polar surface area (TPSA) is 56.8 Å². The summed E-state index contributed by atoms with van der Waals surface area (Å²) in [6.45, 7) is 9.74. The number of hydrogen-bond donors (Lipinski definition) is 1. The van der Waals surface area contributed by atoms with Gasteiger partial charge in [0, 0.05) is 6.61 Å². The van der Waals surface area contributed by atoms with E-state index in [-0.39, 0.29) is 11.5 Å². The van der Waals surface area contributed by atoms with Crippen LogP contribution in [0, 0.1) is 0 Å². The number of morpholine rings is 1. The number of ether oxygens (including phenoxy) is 3. The van der Waals surface area contributed by atoms with Gasteiger partial charge in [-0.2, -0.15) is 0 Å². The number of hydrogen-bond acceptors (Lipinski definition) is 5. The molecular weight excluding hydrogens is 318 g/mol. The van der Waals surface area contributed by atoms with Crippen molar-refractivity contribution in [1.82, 2.24) is 5.32 Å². The van der Waals surface area contributed by atoms with Gasteiger partial charge in [-0.15, -0.1) is 0 Å². The zero-order valence-electron chi connectivity index (χ0n) is 16.8. The van der Waals surface area contributed by atoms with E-state index in [0.29, 0.717) is 20.0 Å². The van der Waals surface area contributed by atoms with Crippen molar-refractivity contribution >= 4 is 5.97 Å². The summed E-state index contributed by atoms with van der Waals surface area (Å²) in [6.07, 6.45) is 11.8. The average molecular weight is 358 g/mol. The first-order valence-electron chi connectivity index (χ1n) is 10.0. The predicted molar refractivity (Wildman–Crippen MR) is 101 cm³/mol. The third-order valence-electron chi connectivity index (χ3n) is 4.63. The quantitative estimate of drug-likeness (QED) is 0.287. The molecule has 25 heavy (non-hydrogen) atoms. The Bertz CT molecular complexity index is 373. The molecule has 0 saturated carbocycles. The lowest BCUT2D eigenvalue weighted by molar-refractivity contribution is -0.165. The van der Waals surface area contributed by atoms with Crippen molar-refractivity contribution in [3.63, 3.8) is 0 Å². The summed E-state index contributed by atoms with van der Waals surface area (Å²) in [4.78, 5) is 11.6. The second kappa shape index (κ2) is 11.9. The maximum atomic E-state index is 11.6. The van der Waals surface area contributed by atoms with E-state index < -0.39 is 5.54 Å². The van der Waals surface area contributed by atoms with Gasteiger partial charge in [-0.25, -0.2) is 0 Å². The molecular formula is C20H39NO4. The highest BCUT2D eigenvalue weighted by molar-refractivity contribution is 5.80. The normalized spacial score (nSPS) is 22.8. The fourth-order valence-corrected chi connectivity index (χ4v) is 3.22. The molecule has 1 atom stereocenters. The lowest BCUT2D eigenvalue weighted by Gasteiger charge is -2.42. The van der Waals surface area contributed by atoms with Crippen molar-refractivity contribution in [2.45, 2.75) is 96.6 Å². The standard InChI is InChI=1S/C20H39NO4/c1-5-6-7-8-9-10-11-12-13-14-23-17-24-15-20(4)16-25-18(22)19(2,3)21-20/h21H,5-17H2,1-4H3. The van der Waals surface area contributed by atoms with E-state index in [1.54, 1.807) is 0 Å². The molecule has 5 heteroatoms. The molecule has 0 aromatic heterocycles. The number of carbonyl (C=O) groups is 1. The molecule has 1 aliphatic heterocycles. The summed E-state index contributed by atoms with van der Waals surface area (Å²) in [5, 5.41) is 3.31. The number of esters is 1. The Balaban J connectivity index is 1.93. The highest BCUT2D eigenvalue weighted by Gasteiger charge is 2.43. The molecule has 1 N–H and O–H groups in total. The fraction of sp³-hybridized carbons (Fsp3) is 0.950. The van der Waals surface area contributed by atoms with Crippen LogP contribution in [0.4, 0.5) is 0 Å². The van der Waals surface area contributed by atoms with E-state index in [0.717, 1.165) is 13.0 Å². The predicted octanol–water partition coefficient (Wildman–Crippen LogP) is 4.19. The average Bonchev–Trinajstić information content (AvgIpc) is 2.55. The first-order chi connectivity index (χ1) is 11.9. The minimum Gasteiger partial charge on any atom is -0.462 e. The molecule has 5 nitrogen and oxygen atoms in total. The highest BCUT2D eigenvalue weighted by atomic mass is 16.7. The number of rotatable bonds is 14. The molecule has 0 bridgehead atoms. The third-order valence-corrected chi connectivity index (χ3v) is 4.63. The fourth-order valence-electron chi connectivity index (χ4n) is 3.22. The first-order valence-corrected chi connectivity index (χ1v) is 10.0. The van der Waals surface area contributed by atoms with Gasteiger partial charge in [0.05, 0.1) is 12.1 Å². The summed E-state index contributed by atoms with van der Waals surface area (Å²) in [6, 6.07) is 0. The minimum atomic E-state index is -0.673. The molecule has 0 aromatic carbocycles. The van der Waals surface area contributed by atoms with Gasteiger partial charge < -0.3 is 14.2 Å². The van der Waals surface area contributed by atoms with E-state index in [9.17, 15) is 4.79 Å². The van der Waals surface area contributed by atoms with Crippen LogP contribution in [0.5, 0.6) is 0 Å². The Hall–Kier alpha value is -0.650. The highest BCUT2D eigenvalue weighted by Crippen LogP contribution is 2.20. The van der Waals surface area contributed by atoms with Gasteiger partial charge in [0.1, 0.15) is 18.9 Å². The molecule has 148 valence electrons. The van der Waals surface area contributed by atoms with Crippen molar-refractivity contribution in [3.8, 4) is 0 Å². The van der Waals surface area contributed by atoms with Gasteiger partial charge >= 0.3 is 5.97 Å². The van der Waals surface area contributed by atoms with Crippen molar-refractivity contribution in [1.29, 1.82) is 0 Å². The van der Waals surface area contributed by atoms with Crippen molar-refractivity contribution in [3.05, 3.63) is 0 Å². The monoisotopic (exact) mass is 357 g/mol. The van der Waals surface area contributed by atoms with E-state index in [4.69, 9.17) is 14.2 Å². The van der Waals surface area contributed by atoms with Gasteiger partial charge in [-0.05, 0) is 27.2 Å². The Morgan fingerprint density at radius 3 is 2.16 bits per heavy atom. The van der Waals surface area contributed by atoms with Crippen LogP contribution in [0.3, 0.4) is 0 Å². The molecule has 0 spiro atoms. The third kappa shape index (κ3) is 9.57. The van der Waals surface area contributed by atoms with Crippen LogP contribution < -0.4 is 5.32 Å². The summed E-state index contributed by atoms with van der Waals surface area (Å²) in [7, 11) is 0. The summed E-state index contributed by atoms with van der Waals surface area (Å²) in [5.41, 5.74) is -1.04. The molecule has 0 aliphatic carbocycles. The van der Waals surface area contributed by atoms with Crippen LogP contribution in [0.1, 0.15) is 85.5 Å². The maximum Gasteiger partial charge on any atom is 0.325 e. The SMILES string of the molecule is CCCCCCCCCCCOCOCC1(C)COC(=O)C(C)(C)N1. The second-order valence-corrected chi connectivity index (χ2v) is 8.09. The van der Waals surface area contributed by atoms with Crippen LogP contribution in [-0.4, -0.2) is 43.7 Å². The number of carbonyl (C=O) groups excluding carboxylic acids is 1. The van der Waals surface area contributed by atoms with Crippen LogP contribution >= 0.6 is 0 Å². The Morgan fingerprint density at radius 1 is 0.960 bits per heavy atom. The van der Waals surface area contributed by atoms with Gasteiger partial charge in [-0.1, -0.05) is 58.3 Å². The zero-order chi connectivity index (χ0) is 18.6. The Labute approximate surface area is 154 Å². The molecule has 1 aliphatic rings. The van der Waals surface area contributed by atoms with E-state index in [2.05, 4.69) is 12.2 Å². The van der Waals surface area contributed by atoms with Crippen molar-refractivity contribution in [2.24, 2.45) is 0 Å². The Kier molecular flexibility index (Phi) is 10.6.